The van der Waals surface area contributed by atoms with Gasteiger partial charge in [-0.1, -0.05) is 73.5 Å². The van der Waals surface area contributed by atoms with Gasteiger partial charge in [0.15, 0.2) is 0 Å². The van der Waals surface area contributed by atoms with E-state index in [0.717, 1.165) is 42.5 Å². The van der Waals surface area contributed by atoms with Crippen molar-refractivity contribution in [2.75, 3.05) is 32.8 Å². The van der Waals surface area contributed by atoms with Crippen molar-refractivity contribution in [2.45, 2.75) is 58.4 Å². The molecule has 2 aromatic carbocycles. The predicted octanol–water partition coefficient (Wildman–Crippen LogP) is 5.26. The zero-order valence-electron chi connectivity index (χ0n) is 23.1. The number of nitrogens with one attached hydrogen (secondary N) is 2. The van der Waals surface area contributed by atoms with E-state index in [1.54, 1.807) is 12.1 Å². The van der Waals surface area contributed by atoms with Crippen LogP contribution in [0.1, 0.15) is 56.0 Å². The van der Waals surface area contributed by atoms with Crippen LogP contribution in [-0.2, 0) is 20.5 Å². The predicted molar refractivity (Wildman–Crippen MR) is 164 cm³/mol. The third-order valence-corrected chi connectivity index (χ3v) is 7.85. The SMILES string of the molecule is CCCCN1CCOB([C@H](CC(C)C)NC(=O)[C@H](Cc2ccccc2)NC(=O)c2cc(Br)ccc2Br)OCC1. The molecule has 0 unspecified atom stereocenters. The molecule has 2 atom stereocenters. The van der Waals surface area contributed by atoms with Gasteiger partial charge in [0.1, 0.15) is 6.04 Å². The van der Waals surface area contributed by atoms with Crippen molar-refractivity contribution in [1.29, 1.82) is 0 Å². The Labute approximate surface area is 250 Å². The number of unbranched alkanes of at least 4 members (excludes halogenated alkanes) is 1. The summed E-state index contributed by atoms with van der Waals surface area (Å²) >= 11 is 6.89. The second-order valence-corrected chi connectivity index (χ2v) is 12.2. The quantitative estimate of drug-likeness (QED) is 0.303. The van der Waals surface area contributed by atoms with Crippen LogP contribution in [0.4, 0.5) is 0 Å². The maximum absolute atomic E-state index is 13.8. The Balaban J connectivity index is 1.75. The first-order valence-electron chi connectivity index (χ1n) is 13.8. The molecule has 1 saturated heterocycles. The van der Waals surface area contributed by atoms with E-state index in [9.17, 15) is 9.59 Å². The van der Waals surface area contributed by atoms with E-state index in [4.69, 9.17) is 9.31 Å². The average molecular weight is 665 g/mol. The number of carbonyl (C=O) groups excluding carboxylic acids is 2. The molecule has 1 aliphatic rings. The summed E-state index contributed by atoms with van der Waals surface area (Å²) in [5.74, 6) is -0.616. The highest BCUT2D eigenvalue weighted by Gasteiger charge is 2.35. The Bertz CT molecular complexity index is 1050. The van der Waals surface area contributed by atoms with Crippen LogP contribution < -0.4 is 10.6 Å². The maximum atomic E-state index is 13.8. The highest BCUT2D eigenvalue weighted by atomic mass is 79.9. The molecular weight excluding hydrogens is 625 g/mol. The number of nitrogens with zero attached hydrogens (tertiary/aromatic N) is 1. The van der Waals surface area contributed by atoms with Crippen molar-refractivity contribution in [2.24, 2.45) is 5.92 Å². The molecule has 2 N–H and O–H groups in total. The lowest BCUT2D eigenvalue weighted by Crippen LogP contribution is -2.57. The van der Waals surface area contributed by atoms with E-state index >= 15 is 0 Å². The molecule has 39 heavy (non-hydrogen) atoms. The standard InChI is InChI=1S/C29H40BBr2N3O4/c1-4-5-13-35-14-16-38-30(39-17-15-35)27(18-21(2)3)34-29(37)26(19-22-9-7-6-8-10-22)33-28(36)24-20-23(31)11-12-25(24)32/h6-12,20-21,26-27H,4-5,13-19H2,1-3H3,(H,33,36)(H,34,37)/t26-,27-/m0/s1. The molecule has 2 aromatic rings. The third-order valence-electron chi connectivity index (χ3n) is 6.67. The maximum Gasteiger partial charge on any atom is 0.480 e. The van der Waals surface area contributed by atoms with E-state index in [-0.39, 0.29) is 17.8 Å². The minimum atomic E-state index is -0.779. The number of benzene rings is 2. The molecule has 0 bridgehead atoms. The molecule has 212 valence electrons. The first-order valence-corrected chi connectivity index (χ1v) is 15.4. The van der Waals surface area contributed by atoms with Crippen molar-refractivity contribution in [3.8, 4) is 0 Å². The van der Waals surface area contributed by atoms with Gasteiger partial charge in [-0.2, -0.15) is 0 Å². The Morgan fingerprint density at radius 1 is 1.03 bits per heavy atom. The smallest absolute Gasteiger partial charge is 0.408 e. The Morgan fingerprint density at radius 2 is 1.72 bits per heavy atom. The van der Waals surface area contributed by atoms with Gasteiger partial charge >= 0.3 is 7.12 Å². The summed E-state index contributed by atoms with van der Waals surface area (Å²) in [6.45, 7) is 10.2. The summed E-state index contributed by atoms with van der Waals surface area (Å²) in [6, 6.07) is 14.3. The minimum absolute atomic E-state index is 0.261. The number of rotatable bonds is 12. The molecule has 0 spiro atoms. The van der Waals surface area contributed by atoms with E-state index in [1.165, 1.54) is 0 Å². The van der Waals surface area contributed by atoms with E-state index in [0.29, 0.717) is 42.0 Å². The molecule has 0 aromatic heterocycles. The highest BCUT2D eigenvalue weighted by Crippen LogP contribution is 2.22. The van der Waals surface area contributed by atoms with Crippen LogP contribution in [0.15, 0.2) is 57.5 Å². The Hall–Kier alpha value is -1.72. The van der Waals surface area contributed by atoms with Crippen LogP contribution in [0.2, 0.25) is 0 Å². The fraction of sp³-hybridized carbons (Fsp3) is 0.517. The number of carbonyl (C=O) groups is 2. The van der Waals surface area contributed by atoms with Gasteiger partial charge in [0.2, 0.25) is 5.91 Å². The summed E-state index contributed by atoms with van der Waals surface area (Å²) in [4.78, 5) is 29.4. The fourth-order valence-corrected chi connectivity index (χ4v) is 5.38. The van der Waals surface area contributed by atoms with E-state index < -0.39 is 13.2 Å². The van der Waals surface area contributed by atoms with Crippen LogP contribution in [0.25, 0.3) is 0 Å². The highest BCUT2D eigenvalue weighted by molar-refractivity contribution is 9.11. The molecular formula is C29H40BBr2N3O4. The van der Waals surface area contributed by atoms with Crippen molar-refractivity contribution >= 4 is 50.8 Å². The monoisotopic (exact) mass is 663 g/mol. The van der Waals surface area contributed by atoms with Crippen LogP contribution in [0, 0.1) is 5.92 Å². The van der Waals surface area contributed by atoms with Crippen LogP contribution in [0.5, 0.6) is 0 Å². The lowest BCUT2D eigenvalue weighted by atomic mass is 9.73. The van der Waals surface area contributed by atoms with E-state index in [2.05, 4.69) is 68.2 Å². The first-order chi connectivity index (χ1) is 18.8. The molecule has 1 aliphatic heterocycles. The molecule has 2 amide bonds. The van der Waals surface area contributed by atoms with Crippen molar-refractivity contribution in [1.82, 2.24) is 15.5 Å². The van der Waals surface area contributed by atoms with Crippen LogP contribution in [-0.4, -0.2) is 68.7 Å². The molecule has 10 heteroatoms. The van der Waals surface area contributed by atoms with Gasteiger partial charge in [-0.05, 0) is 65.0 Å². The summed E-state index contributed by atoms with van der Waals surface area (Å²) in [5, 5.41) is 6.15. The van der Waals surface area contributed by atoms with Crippen LogP contribution >= 0.6 is 31.9 Å². The second-order valence-electron chi connectivity index (χ2n) is 10.4. The number of hydrogen-bond donors (Lipinski definition) is 2. The topological polar surface area (TPSA) is 79.9 Å². The molecule has 1 heterocycles. The zero-order valence-corrected chi connectivity index (χ0v) is 26.3. The lowest BCUT2D eigenvalue weighted by Gasteiger charge is -2.32. The molecule has 0 radical (unpaired) electrons. The average Bonchev–Trinajstić information content (AvgIpc) is 2.89. The van der Waals surface area contributed by atoms with Gasteiger partial charge in [0.05, 0.1) is 11.5 Å². The summed E-state index contributed by atoms with van der Waals surface area (Å²) < 4.78 is 13.8. The Morgan fingerprint density at radius 3 is 2.36 bits per heavy atom. The normalized spacial score (nSPS) is 16.3. The summed E-state index contributed by atoms with van der Waals surface area (Å²) in [6.07, 6.45) is 3.36. The van der Waals surface area contributed by atoms with Crippen molar-refractivity contribution in [3.63, 3.8) is 0 Å². The number of halogens is 2. The third kappa shape index (κ3) is 10.6. The zero-order chi connectivity index (χ0) is 28.2. The Kier molecular flexibility index (Phi) is 13.5. The lowest BCUT2D eigenvalue weighted by molar-refractivity contribution is -0.123. The summed E-state index contributed by atoms with van der Waals surface area (Å²) in [5.41, 5.74) is 1.41. The van der Waals surface area contributed by atoms with Gasteiger partial charge in [0, 0.05) is 41.7 Å². The second kappa shape index (κ2) is 16.5. The van der Waals surface area contributed by atoms with Gasteiger partial charge < -0.3 is 19.9 Å². The van der Waals surface area contributed by atoms with Crippen LogP contribution in [0.3, 0.4) is 0 Å². The van der Waals surface area contributed by atoms with E-state index in [1.807, 2.05) is 36.4 Å². The van der Waals surface area contributed by atoms with Gasteiger partial charge in [-0.3, -0.25) is 14.5 Å². The first kappa shape index (κ1) is 31.8. The van der Waals surface area contributed by atoms with Gasteiger partial charge in [0.25, 0.3) is 5.91 Å². The molecule has 0 saturated carbocycles. The number of amides is 2. The largest absolute Gasteiger partial charge is 0.480 e. The fourth-order valence-electron chi connectivity index (χ4n) is 4.59. The van der Waals surface area contributed by atoms with Crippen molar-refractivity contribution in [3.05, 3.63) is 68.6 Å². The molecule has 3 rings (SSSR count). The summed E-state index contributed by atoms with van der Waals surface area (Å²) in [7, 11) is -0.544. The molecule has 1 fully saturated rings. The molecule has 0 aliphatic carbocycles. The number of hydrogen-bond acceptors (Lipinski definition) is 5. The molecule has 7 nitrogen and oxygen atoms in total. The minimum Gasteiger partial charge on any atom is -0.408 e. The van der Waals surface area contributed by atoms with Gasteiger partial charge in [-0.25, -0.2) is 0 Å². The van der Waals surface area contributed by atoms with Crippen molar-refractivity contribution < 1.29 is 18.9 Å². The van der Waals surface area contributed by atoms with Gasteiger partial charge in [-0.15, -0.1) is 0 Å².